The first kappa shape index (κ1) is 10.9. The zero-order valence-electron chi connectivity index (χ0n) is 9.90. The van der Waals surface area contributed by atoms with Crippen LogP contribution >= 0.6 is 11.8 Å². The van der Waals surface area contributed by atoms with Crippen LogP contribution < -0.4 is 0 Å². The number of fused-ring (bicyclic) bond motifs is 2. The highest BCUT2D eigenvalue weighted by Crippen LogP contribution is 2.47. The molecule has 1 aliphatic heterocycles. The van der Waals surface area contributed by atoms with Gasteiger partial charge in [0.15, 0.2) is 0 Å². The van der Waals surface area contributed by atoms with Gasteiger partial charge in [0.2, 0.25) is 0 Å². The summed E-state index contributed by atoms with van der Waals surface area (Å²) < 4.78 is 0. The Hall–Kier alpha value is -1.25. The molecule has 86 valence electrons. The SMILES string of the molecule is Cc1ccc(C)c2c1Sc1ccccc1C2O. The van der Waals surface area contributed by atoms with Crippen molar-refractivity contribution in [2.75, 3.05) is 0 Å². The van der Waals surface area contributed by atoms with E-state index in [1.807, 2.05) is 18.2 Å². The lowest BCUT2D eigenvalue weighted by Crippen LogP contribution is -2.10. The van der Waals surface area contributed by atoms with Gasteiger partial charge < -0.3 is 5.11 Å². The molecule has 1 aliphatic rings. The van der Waals surface area contributed by atoms with Crippen LogP contribution in [0.5, 0.6) is 0 Å². The van der Waals surface area contributed by atoms with Crippen LogP contribution in [0.4, 0.5) is 0 Å². The number of rotatable bonds is 0. The van der Waals surface area contributed by atoms with Crippen LogP contribution in [0.15, 0.2) is 46.2 Å². The molecule has 0 saturated carbocycles. The van der Waals surface area contributed by atoms with E-state index < -0.39 is 6.10 Å². The molecule has 2 aromatic carbocycles. The number of hydrogen-bond donors (Lipinski definition) is 1. The van der Waals surface area contributed by atoms with Crippen LogP contribution in [0.2, 0.25) is 0 Å². The highest BCUT2D eigenvalue weighted by molar-refractivity contribution is 7.99. The molecule has 1 nitrogen and oxygen atoms in total. The van der Waals surface area contributed by atoms with Crippen molar-refractivity contribution in [3.8, 4) is 0 Å². The lowest BCUT2D eigenvalue weighted by Gasteiger charge is -2.26. The van der Waals surface area contributed by atoms with Gasteiger partial charge in [-0.2, -0.15) is 0 Å². The fraction of sp³-hybridized carbons (Fsp3) is 0.200. The lowest BCUT2D eigenvalue weighted by molar-refractivity contribution is 0.212. The number of benzene rings is 2. The van der Waals surface area contributed by atoms with E-state index in [4.69, 9.17) is 0 Å². The largest absolute Gasteiger partial charge is 0.384 e. The van der Waals surface area contributed by atoms with Crippen molar-refractivity contribution >= 4 is 11.8 Å². The fourth-order valence-corrected chi connectivity index (χ4v) is 3.62. The molecule has 1 N–H and O–H groups in total. The molecule has 2 aromatic rings. The van der Waals surface area contributed by atoms with Gasteiger partial charge in [0.25, 0.3) is 0 Å². The minimum absolute atomic E-state index is 0.484. The maximum Gasteiger partial charge on any atom is 0.106 e. The Morgan fingerprint density at radius 2 is 1.71 bits per heavy atom. The van der Waals surface area contributed by atoms with Gasteiger partial charge in [0.05, 0.1) is 0 Å². The van der Waals surface area contributed by atoms with Crippen molar-refractivity contribution < 1.29 is 5.11 Å². The summed E-state index contributed by atoms with van der Waals surface area (Å²) in [6.45, 7) is 4.17. The highest BCUT2D eigenvalue weighted by Gasteiger charge is 2.26. The molecule has 0 aromatic heterocycles. The molecule has 0 amide bonds. The van der Waals surface area contributed by atoms with E-state index in [1.54, 1.807) is 11.8 Å². The highest BCUT2D eigenvalue weighted by atomic mass is 32.2. The Labute approximate surface area is 105 Å². The fourth-order valence-electron chi connectivity index (χ4n) is 2.35. The Morgan fingerprint density at radius 3 is 2.53 bits per heavy atom. The minimum atomic E-state index is -0.484. The van der Waals surface area contributed by atoms with E-state index in [0.29, 0.717) is 0 Å². The molecule has 0 aliphatic carbocycles. The van der Waals surface area contributed by atoms with E-state index in [1.165, 1.54) is 20.9 Å². The Kier molecular flexibility index (Phi) is 2.49. The molecular weight excluding hydrogens is 228 g/mol. The van der Waals surface area contributed by atoms with E-state index in [9.17, 15) is 5.11 Å². The molecule has 1 unspecified atom stereocenters. The number of aryl methyl sites for hydroxylation is 2. The molecule has 17 heavy (non-hydrogen) atoms. The third kappa shape index (κ3) is 1.60. The van der Waals surface area contributed by atoms with E-state index in [2.05, 4.69) is 32.0 Å². The normalized spacial score (nSPS) is 17.5. The molecule has 2 heteroatoms. The molecule has 0 spiro atoms. The van der Waals surface area contributed by atoms with Gasteiger partial charge in [-0.25, -0.2) is 0 Å². The van der Waals surface area contributed by atoms with Crippen LogP contribution in [0.3, 0.4) is 0 Å². The summed E-state index contributed by atoms with van der Waals surface area (Å²) >= 11 is 1.77. The second-order valence-electron chi connectivity index (χ2n) is 4.48. The minimum Gasteiger partial charge on any atom is -0.384 e. The zero-order valence-corrected chi connectivity index (χ0v) is 10.7. The summed E-state index contributed by atoms with van der Waals surface area (Å²) in [4.78, 5) is 2.39. The number of hydrogen-bond acceptors (Lipinski definition) is 2. The van der Waals surface area contributed by atoms with E-state index in [-0.39, 0.29) is 0 Å². The molecule has 0 radical (unpaired) electrons. The molecule has 1 atom stereocenters. The third-order valence-corrected chi connectivity index (χ3v) is 4.65. The molecule has 0 bridgehead atoms. The smallest absolute Gasteiger partial charge is 0.106 e. The van der Waals surface area contributed by atoms with Gasteiger partial charge in [-0.1, -0.05) is 42.1 Å². The Bertz CT molecular complexity index is 589. The maximum absolute atomic E-state index is 10.5. The summed E-state index contributed by atoms with van der Waals surface area (Å²) in [5.74, 6) is 0. The number of aliphatic hydroxyl groups is 1. The molecule has 0 fully saturated rings. The van der Waals surface area contributed by atoms with Gasteiger partial charge in [-0.05, 0) is 36.6 Å². The van der Waals surface area contributed by atoms with Gasteiger partial charge in [0, 0.05) is 15.4 Å². The summed E-state index contributed by atoms with van der Waals surface area (Å²) in [7, 11) is 0. The summed E-state index contributed by atoms with van der Waals surface area (Å²) in [5.41, 5.74) is 4.51. The first-order valence-electron chi connectivity index (χ1n) is 5.73. The van der Waals surface area contributed by atoms with Crippen molar-refractivity contribution in [1.82, 2.24) is 0 Å². The van der Waals surface area contributed by atoms with E-state index >= 15 is 0 Å². The maximum atomic E-state index is 10.5. The Balaban J connectivity index is 2.26. The van der Waals surface area contributed by atoms with Gasteiger partial charge in [-0.15, -0.1) is 0 Å². The van der Waals surface area contributed by atoms with Crippen molar-refractivity contribution in [3.05, 3.63) is 58.7 Å². The monoisotopic (exact) mass is 242 g/mol. The topological polar surface area (TPSA) is 20.2 Å². The molecule has 1 heterocycles. The van der Waals surface area contributed by atoms with Crippen LogP contribution in [-0.4, -0.2) is 5.11 Å². The Morgan fingerprint density at radius 1 is 1.00 bits per heavy atom. The number of aliphatic hydroxyl groups excluding tert-OH is 1. The van der Waals surface area contributed by atoms with Gasteiger partial charge in [0.1, 0.15) is 6.10 Å². The van der Waals surface area contributed by atoms with Crippen LogP contribution in [0.25, 0.3) is 0 Å². The van der Waals surface area contributed by atoms with Crippen LogP contribution in [-0.2, 0) is 0 Å². The molecular formula is C15H14OS. The van der Waals surface area contributed by atoms with Crippen molar-refractivity contribution in [3.63, 3.8) is 0 Å². The average Bonchev–Trinajstić information content (AvgIpc) is 2.34. The van der Waals surface area contributed by atoms with Crippen LogP contribution in [0.1, 0.15) is 28.4 Å². The van der Waals surface area contributed by atoms with Crippen molar-refractivity contribution in [2.24, 2.45) is 0 Å². The van der Waals surface area contributed by atoms with Crippen molar-refractivity contribution in [1.29, 1.82) is 0 Å². The summed E-state index contributed by atoms with van der Waals surface area (Å²) in [6, 6.07) is 12.3. The second-order valence-corrected chi connectivity index (χ2v) is 5.54. The predicted octanol–water partition coefficient (Wildman–Crippen LogP) is 3.85. The quantitative estimate of drug-likeness (QED) is 0.757. The first-order valence-corrected chi connectivity index (χ1v) is 6.55. The molecule has 0 saturated heterocycles. The van der Waals surface area contributed by atoms with Crippen LogP contribution in [0, 0.1) is 13.8 Å². The summed E-state index contributed by atoms with van der Waals surface area (Å²) in [6.07, 6.45) is -0.484. The summed E-state index contributed by atoms with van der Waals surface area (Å²) in [5, 5.41) is 10.5. The van der Waals surface area contributed by atoms with E-state index in [0.717, 1.165) is 11.1 Å². The lowest BCUT2D eigenvalue weighted by atomic mass is 9.95. The zero-order chi connectivity index (χ0) is 12.0. The third-order valence-electron chi connectivity index (χ3n) is 3.31. The first-order chi connectivity index (χ1) is 8.18. The standard InChI is InChI=1S/C15H14OS/c1-9-7-8-10(2)15-13(9)14(16)11-5-3-4-6-12(11)17-15/h3-8,14,16H,1-2H3. The average molecular weight is 242 g/mol. The molecule has 3 rings (SSSR count). The van der Waals surface area contributed by atoms with Gasteiger partial charge in [-0.3, -0.25) is 0 Å². The van der Waals surface area contributed by atoms with Gasteiger partial charge >= 0.3 is 0 Å². The van der Waals surface area contributed by atoms with Crippen molar-refractivity contribution in [2.45, 2.75) is 29.7 Å². The second kappa shape index (κ2) is 3.90. The predicted molar refractivity (Wildman–Crippen MR) is 70.5 cm³/mol.